The molecule has 0 amide bonds. The van der Waals surface area contributed by atoms with Gasteiger partial charge in [0.05, 0.1) is 0 Å². The topological polar surface area (TPSA) is 20.2 Å². The van der Waals surface area contributed by atoms with Crippen LogP contribution in [-0.4, -0.2) is 11.7 Å². The molecule has 1 aromatic carbocycles. The van der Waals surface area contributed by atoms with E-state index < -0.39 is 0 Å². The molecule has 0 saturated carbocycles. The van der Waals surface area contributed by atoms with E-state index in [0.717, 1.165) is 17.3 Å². The Labute approximate surface area is 139 Å². The van der Waals surface area contributed by atoms with E-state index in [1.807, 2.05) is 0 Å². The summed E-state index contributed by atoms with van der Waals surface area (Å²) in [6, 6.07) is 8.47. The number of halogens is 1. The summed E-state index contributed by atoms with van der Waals surface area (Å²) in [5.74, 6) is 0.422. The van der Waals surface area contributed by atoms with Gasteiger partial charge in [-0.05, 0) is 36.5 Å². The molecular formula is C19H31BrO. The maximum Gasteiger partial charge on any atom is 0.0462 e. The monoisotopic (exact) mass is 354 g/mol. The smallest absolute Gasteiger partial charge is 0.0462 e. The highest BCUT2D eigenvalue weighted by Gasteiger charge is 2.08. The van der Waals surface area contributed by atoms with Crippen molar-refractivity contribution in [3.8, 4) is 0 Å². The first kappa shape index (κ1) is 18.7. The molecule has 1 rings (SSSR count). The van der Waals surface area contributed by atoms with Gasteiger partial charge in [-0.1, -0.05) is 86.4 Å². The van der Waals surface area contributed by atoms with Crippen LogP contribution in [-0.2, 0) is 6.42 Å². The minimum atomic E-state index is 0.312. The minimum Gasteiger partial charge on any atom is -0.396 e. The summed E-state index contributed by atoms with van der Waals surface area (Å²) in [5.41, 5.74) is 1.33. The Bertz CT molecular complexity index is 347. The number of aliphatic hydroxyl groups is 1. The number of aliphatic hydroxyl groups excluding tert-OH is 1. The Morgan fingerprint density at radius 1 is 0.905 bits per heavy atom. The van der Waals surface area contributed by atoms with Gasteiger partial charge in [-0.15, -0.1) is 0 Å². The van der Waals surface area contributed by atoms with E-state index >= 15 is 0 Å². The molecular weight excluding hydrogens is 324 g/mol. The number of hydrogen-bond acceptors (Lipinski definition) is 1. The fourth-order valence-electron chi connectivity index (χ4n) is 2.78. The molecule has 2 heteroatoms. The van der Waals surface area contributed by atoms with Crippen LogP contribution in [0.5, 0.6) is 0 Å². The molecule has 120 valence electrons. The van der Waals surface area contributed by atoms with Crippen molar-refractivity contribution in [3.05, 3.63) is 34.3 Å². The minimum absolute atomic E-state index is 0.312. The quantitative estimate of drug-likeness (QED) is 0.447. The lowest BCUT2D eigenvalue weighted by Crippen LogP contribution is -2.09. The summed E-state index contributed by atoms with van der Waals surface area (Å²) in [5, 5.41) is 9.53. The van der Waals surface area contributed by atoms with Crippen molar-refractivity contribution in [2.75, 3.05) is 6.61 Å². The van der Waals surface area contributed by atoms with E-state index in [2.05, 4.69) is 47.1 Å². The Balaban J connectivity index is 2.09. The predicted molar refractivity (Wildman–Crippen MR) is 95.6 cm³/mol. The second-order valence-electron chi connectivity index (χ2n) is 6.14. The summed E-state index contributed by atoms with van der Waals surface area (Å²) in [6.45, 7) is 2.58. The summed E-state index contributed by atoms with van der Waals surface area (Å²) < 4.78 is 1.12. The molecule has 0 spiro atoms. The van der Waals surface area contributed by atoms with Crippen LogP contribution in [0.25, 0.3) is 0 Å². The van der Waals surface area contributed by atoms with Gasteiger partial charge in [0.2, 0.25) is 0 Å². The molecule has 21 heavy (non-hydrogen) atoms. The normalized spacial score (nSPS) is 12.5. The highest BCUT2D eigenvalue weighted by molar-refractivity contribution is 9.10. The van der Waals surface area contributed by atoms with E-state index in [9.17, 15) is 5.11 Å². The lowest BCUT2D eigenvalue weighted by molar-refractivity contribution is 0.214. The first-order valence-electron chi connectivity index (χ1n) is 8.61. The van der Waals surface area contributed by atoms with Crippen LogP contribution in [0.1, 0.15) is 70.3 Å². The Morgan fingerprint density at radius 3 is 2.05 bits per heavy atom. The second-order valence-corrected chi connectivity index (χ2v) is 7.06. The standard InChI is InChI=1S/C19H31BrO/c1-2-3-4-5-6-7-8-9-10-18(16-21)15-17-11-13-19(20)14-12-17/h11-14,18,21H,2-10,15-16H2,1H3. The van der Waals surface area contributed by atoms with Gasteiger partial charge < -0.3 is 5.11 Å². The molecule has 0 aliphatic carbocycles. The van der Waals surface area contributed by atoms with Crippen molar-refractivity contribution in [1.29, 1.82) is 0 Å². The summed E-state index contributed by atoms with van der Waals surface area (Å²) in [7, 11) is 0. The van der Waals surface area contributed by atoms with Gasteiger partial charge in [0.25, 0.3) is 0 Å². The zero-order chi connectivity index (χ0) is 15.3. The molecule has 0 aromatic heterocycles. The van der Waals surface area contributed by atoms with Crippen LogP contribution in [0.2, 0.25) is 0 Å². The zero-order valence-electron chi connectivity index (χ0n) is 13.5. The van der Waals surface area contributed by atoms with Crippen molar-refractivity contribution in [3.63, 3.8) is 0 Å². The summed E-state index contributed by atoms with van der Waals surface area (Å²) in [6.07, 6.45) is 13.0. The Kier molecular flexibility index (Phi) is 10.9. The maximum atomic E-state index is 9.53. The van der Waals surface area contributed by atoms with E-state index in [0.29, 0.717) is 12.5 Å². The molecule has 1 N–H and O–H groups in total. The highest BCUT2D eigenvalue weighted by Crippen LogP contribution is 2.18. The van der Waals surface area contributed by atoms with Gasteiger partial charge in [-0.25, -0.2) is 0 Å². The molecule has 0 aliphatic rings. The van der Waals surface area contributed by atoms with Gasteiger partial charge >= 0.3 is 0 Å². The van der Waals surface area contributed by atoms with Crippen LogP contribution in [0.3, 0.4) is 0 Å². The summed E-state index contributed by atoms with van der Waals surface area (Å²) >= 11 is 3.46. The average Bonchev–Trinajstić information content (AvgIpc) is 2.50. The molecule has 0 bridgehead atoms. The van der Waals surface area contributed by atoms with E-state index in [4.69, 9.17) is 0 Å². The van der Waals surface area contributed by atoms with E-state index in [-0.39, 0.29) is 0 Å². The molecule has 0 saturated heterocycles. The molecule has 0 heterocycles. The third-order valence-electron chi connectivity index (χ3n) is 4.16. The van der Waals surface area contributed by atoms with Crippen molar-refractivity contribution in [2.24, 2.45) is 5.92 Å². The van der Waals surface area contributed by atoms with E-state index in [1.54, 1.807) is 0 Å². The van der Waals surface area contributed by atoms with Crippen LogP contribution in [0, 0.1) is 5.92 Å². The first-order valence-corrected chi connectivity index (χ1v) is 9.40. The zero-order valence-corrected chi connectivity index (χ0v) is 15.1. The third kappa shape index (κ3) is 9.31. The molecule has 1 unspecified atom stereocenters. The number of hydrogen-bond donors (Lipinski definition) is 1. The first-order chi connectivity index (χ1) is 10.3. The summed E-state index contributed by atoms with van der Waals surface area (Å²) in [4.78, 5) is 0. The Hall–Kier alpha value is -0.340. The van der Waals surface area contributed by atoms with Crippen molar-refractivity contribution >= 4 is 15.9 Å². The van der Waals surface area contributed by atoms with Gasteiger partial charge in [0.1, 0.15) is 0 Å². The largest absolute Gasteiger partial charge is 0.396 e. The fourth-order valence-corrected chi connectivity index (χ4v) is 3.04. The third-order valence-corrected chi connectivity index (χ3v) is 4.69. The molecule has 1 aromatic rings. The molecule has 0 aliphatic heterocycles. The molecule has 1 atom stereocenters. The van der Waals surface area contributed by atoms with Gasteiger partial charge in [-0.2, -0.15) is 0 Å². The van der Waals surface area contributed by atoms with Crippen LogP contribution in [0.15, 0.2) is 28.7 Å². The van der Waals surface area contributed by atoms with Crippen molar-refractivity contribution < 1.29 is 5.11 Å². The Morgan fingerprint density at radius 2 is 1.48 bits per heavy atom. The van der Waals surface area contributed by atoms with Crippen molar-refractivity contribution in [2.45, 2.75) is 71.1 Å². The molecule has 0 fully saturated rings. The number of unbranched alkanes of at least 4 members (excludes halogenated alkanes) is 7. The number of benzene rings is 1. The van der Waals surface area contributed by atoms with Gasteiger partial charge in [0, 0.05) is 11.1 Å². The fraction of sp³-hybridized carbons (Fsp3) is 0.684. The van der Waals surface area contributed by atoms with E-state index in [1.165, 1.54) is 56.9 Å². The lowest BCUT2D eigenvalue weighted by Gasteiger charge is -2.14. The van der Waals surface area contributed by atoms with Crippen LogP contribution in [0.4, 0.5) is 0 Å². The lowest BCUT2D eigenvalue weighted by atomic mass is 9.94. The highest BCUT2D eigenvalue weighted by atomic mass is 79.9. The van der Waals surface area contributed by atoms with Gasteiger partial charge in [-0.3, -0.25) is 0 Å². The maximum absolute atomic E-state index is 9.53. The van der Waals surface area contributed by atoms with Gasteiger partial charge in [0.15, 0.2) is 0 Å². The molecule has 0 radical (unpaired) electrons. The van der Waals surface area contributed by atoms with Crippen LogP contribution < -0.4 is 0 Å². The SMILES string of the molecule is CCCCCCCCCCC(CO)Cc1ccc(Br)cc1. The molecule has 1 nitrogen and oxygen atoms in total. The number of rotatable bonds is 12. The second kappa shape index (κ2) is 12.2. The van der Waals surface area contributed by atoms with Crippen LogP contribution >= 0.6 is 15.9 Å². The van der Waals surface area contributed by atoms with Crippen molar-refractivity contribution in [1.82, 2.24) is 0 Å². The predicted octanol–water partition coefficient (Wildman–Crippen LogP) is 6.13. The average molecular weight is 355 g/mol.